The highest BCUT2D eigenvalue weighted by Gasteiger charge is 2.24. The Morgan fingerprint density at radius 2 is 2.22 bits per heavy atom. The van der Waals surface area contributed by atoms with Gasteiger partial charge < -0.3 is 0 Å². The minimum Gasteiger partial charge on any atom is -0.280 e. The molecule has 0 aliphatic heterocycles. The van der Waals surface area contributed by atoms with Crippen LogP contribution in [0.15, 0.2) is 6.33 Å². The van der Waals surface area contributed by atoms with E-state index < -0.39 is 0 Å². The second kappa shape index (κ2) is 5.96. The van der Waals surface area contributed by atoms with Gasteiger partial charge in [-0.05, 0) is 26.7 Å². The molecule has 0 amide bonds. The zero-order valence-corrected chi connectivity index (χ0v) is 11.2. The maximum absolute atomic E-state index is 8.97. The fourth-order valence-electron chi connectivity index (χ4n) is 2.67. The highest BCUT2D eigenvalue weighted by atomic mass is 15.4. The first kappa shape index (κ1) is 13.0. The summed E-state index contributed by atoms with van der Waals surface area (Å²) in [6, 6.07) is 3.13. The van der Waals surface area contributed by atoms with Gasteiger partial charge in [0.2, 0.25) is 0 Å². The smallest absolute Gasteiger partial charge is 0.141 e. The molecular weight excluding hydrogens is 226 g/mol. The van der Waals surface area contributed by atoms with Gasteiger partial charge in [-0.3, -0.25) is 4.90 Å². The van der Waals surface area contributed by atoms with Gasteiger partial charge in [0, 0.05) is 12.1 Å². The van der Waals surface area contributed by atoms with Crippen LogP contribution in [0.1, 0.15) is 51.4 Å². The monoisotopic (exact) mass is 247 g/mol. The lowest BCUT2D eigenvalue weighted by Crippen LogP contribution is -2.34. The Morgan fingerprint density at radius 3 is 2.83 bits per heavy atom. The molecule has 0 unspecified atom stereocenters. The van der Waals surface area contributed by atoms with Crippen molar-refractivity contribution in [3.05, 3.63) is 12.2 Å². The van der Waals surface area contributed by atoms with Gasteiger partial charge in [0.15, 0.2) is 0 Å². The Kier molecular flexibility index (Phi) is 4.32. The summed E-state index contributed by atoms with van der Waals surface area (Å²) in [5, 5.41) is 13.2. The molecule has 1 aromatic rings. The number of rotatable bonds is 5. The number of hydrogen-bond donors (Lipinski definition) is 0. The average molecular weight is 247 g/mol. The fraction of sp³-hybridized carbons (Fsp3) is 0.769. The van der Waals surface area contributed by atoms with E-state index in [2.05, 4.69) is 34.9 Å². The van der Waals surface area contributed by atoms with Crippen LogP contribution in [-0.2, 0) is 6.54 Å². The van der Waals surface area contributed by atoms with Crippen LogP contribution >= 0.6 is 0 Å². The second-order valence-corrected chi connectivity index (χ2v) is 5.22. The SMILES string of the molecule is CC(C)n1ncnc1CN(CC#N)C1CCCC1. The standard InChI is InChI=1S/C13H21N5/c1-11(2)18-13(15-10-16-18)9-17(8-7-14)12-5-3-4-6-12/h10-12H,3-6,8-9H2,1-2H3. The molecule has 0 radical (unpaired) electrons. The van der Waals surface area contributed by atoms with Crippen molar-refractivity contribution < 1.29 is 0 Å². The maximum Gasteiger partial charge on any atom is 0.141 e. The zero-order valence-electron chi connectivity index (χ0n) is 11.2. The van der Waals surface area contributed by atoms with Gasteiger partial charge >= 0.3 is 0 Å². The van der Waals surface area contributed by atoms with Gasteiger partial charge in [-0.2, -0.15) is 10.4 Å². The minimum absolute atomic E-state index is 0.315. The molecule has 1 fully saturated rings. The van der Waals surface area contributed by atoms with E-state index in [1.165, 1.54) is 25.7 Å². The van der Waals surface area contributed by atoms with Crippen LogP contribution in [0.5, 0.6) is 0 Å². The van der Waals surface area contributed by atoms with Crippen LogP contribution in [0.2, 0.25) is 0 Å². The molecule has 1 heterocycles. The van der Waals surface area contributed by atoms with E-state index in [-0.39, 0.29) is 0 Å². The molecule has 18 heavy (non-hydrogen) atoms. The Bertz CT molecular complexity index is 411. The number of aromatic nitrogens is 3. The van der Waals surface area contributed by atoms with E-state index in [1.807, 2.05) is 4.68 Å². The summed E-state index contributed by atoms with van der Waals surface area (Å²) < 4.78 is 1.94. The summed E-state index contributed by atoms with van der Waals surface area (Å²) in [7, 11) is 0. The number of nitrogens with zero attached hydrogens (tertiary/aromatic N) is 5. The summed E-state index contributed by atoms with van der Waals surface area (Å²) in [4.78, 5) is 6.58. The summed E-state index contributed by atoms with van der Waals surface area (Å²) in [5.74, 6) is 0.965. The first-order chi connectivity index (χ1) is 8.72. The van der Waals surface area contributed by atoms with E-state index in [0.717, 1.165) is 12.4 Å². The molecule has 0 bridgehead atoms. The van der Waals surface area contributed by atoms with Crippen LogP contribution in [-0.4, -0.2) is 32.3 Å². The maximum atomic E-state index is 8.97. The van der Waals surface area contributed by atoms with Gasteiger partial charge in [0.25, 0.3) is 0 Å². The van der Waals surface area contributed by atoms with E-state index in [1.54, 1.807) is 6.33 Å². The molecule has 1 aromatic heterocycles. The third-order valence-corrected chi connectivity index (χ3v) is 3.60. The molecule has 98 valence electrons. The highest BCUT2D eigenvalue weighted by molar-refractivity contribution is 4.92. The van der Waals surface area contributed by atoms with Crippen molar-refractivity contribution in [3.63, 3.8) is 0 Å². The highest BCUT2D eigenvalue weighted by Crippen LogP contribution is 2.24. The molecule has 0 saturated heterocycles. The van der Waals surface area contributed by atoms with Gasteiger partial charge in [-0.1, -0.05) is 12.8 Å². The molecule has 0 aromatic carbocycles. The first-order valence-corrected chi connectivity index (χ1v) is 6.71. The molecule has 1 saturated carbocycles. The third kappa shape index (κ3) is 2.88. The van der Waals surface area contributed by atoms with Gasteiger partial charge in [-0.15, -0.1) is 0 Å². The van der Waals surface area contributed by atoms with Crippen molar-refractivity contribution >= 4 is 0 Å². The van der Waals surface area contributed by atoms with Crippen molar-refractivity contribution in [1.29, 1.82) is 5.26 Å². The Morgan fingerprint density at radius 1 is 1.50 bits per heavy atom. The predicted molar refractivity (Wildman–Crippen MR) is 68.7 cm³/mol. The lowest BCUT2D eigenvalue weighted by molar-refractivity contribution is 0.203. The van der Waals surface area contributed by atoms with Crippen molar-refractivity contribution in [2.75, 3.05) is 6.54 Å². The normalized spacial score (nSPS) is 16.6. The van der Waals surface area contributed by atoms with Gasteiger partial charge in [-0.25, -0.2) is 9.67 Å². The van der Waals surface area contributed by atoms with E-state index in [9.17, 15) is 0 Å². The average Bonchev–Trinajstić information content (AvgIpc) is 2.99. The zero-order chi connectivity index (χ0) is 13.0. The molecule has 0 N–H and O–H groups in total. The Hall–Kier alpha value is -1.41. The summed E-state index contributed by atoms with van der Waals surface area (Å²) in [5.41, 5.74) is 0. The van der Waals surface area contributed by atoms with Crippen molar-refractivity contribution in [1.82, 2.24) is 19.7 Å². The van der Waals surface area contributed by atoms with E-state index in [0.29, 0.717) is 18.6 Å². The van der Waals surface area contributed by atoms with Crippen LogP contribution in [0.25, 0.3) is 0 Å². The lowest BCUT2D eigenvalue weighted by Gasteiger charge is -2.26. The Balaban J connectivity index is 2.08. The molecule has 2 rings (SSSR count). The van der Waals surface area contributed by atoms with Crippen LogP contribution in [0, 0.1) is 11.3 Å². The summed E-state index contributed by atoms with van der Waals surface area (Å²) in [6.45, 7) is 5.41. The lowest BCUT2D eigenvalue weighted by atomic mass is 10.2. The largest absolute Gasteiger partial charge is 0.280 e. The number of hydrogen-bond acceptors (Lipinski definition) is 4. The predicted octanol–water partition coefficient (Wildman–Crippen LogP) is 2.13. The molecule has 1 aliphatic carbocycles. The van der Waals surface area contributed by atoms with Gasteiger partial charge in [0.1, 0.15) is 12.2 Å². The fourth-order valence-corrected chi connectivity index (χ4v) is 2.67. The number of nitriles is 1. The summed E-state index contributed by atoms with van der Waals surface area (Å²) in [6.07, 6.45) is 6.58. The minimum atomic E-state index is 0.315. The molecule has 0 spiro atoms. The van der Waals surface area contributed by atoms with Gasteiger partial charge in [0.05, 0.1) is 19.2 Å². The van der Waals surface area contributed by atoms with Crippen LogP contribution in [0.4, 0.5) is 0 Å². The third-order valence-electron chi connectivity index (χ3n) is 3.60. The Labute approximate surface area is 108 Å². The second-order valence-electron chi connectivity index (χ2n) is 5.22. The van der Waals surface area contributed by atoms with Crippen molar-refractivity contribution in [2.24, 2.45) is 0 Å². The van der Waals surface area contributed by atoms with Crippen molar-refractivity contribution in [2.45, 2.75) is 58.2 Å². The van der Waals surface area contributed by atoms with Crippen LogP contribution < -0.4 is 0 Å². The molecular formula is C13H21N5. The molecule has 0 atom stereocenters. The van der Waals surface area contributed by atoms with Crippen LogP contribution in [0.3, 0.4) is 0 Å². The topological polar surface area (TPSA) is 57.7 Å². The van der Waals surface area contributed by atoms with E-state index in [4.69, 9.17) is 5.26 Å². The summed E-state index contributed by atoms with van der Waals surface area (Å²) >= 11 is 0. The van der Waals surface area contributed by atoms with E-state index >= 15 is 0 Å². The van der Waals surface area contributed by atoms with Crippen molar-refractivity contribution in [3.8, 4) is 6.07 Å². The molecule has 5 heteroatoms. The first-order valence-electron chi connectivity index (χ1n) is 6.71. The quantitative estimate of drug-likeness (QED) is 0.748. The molecule has 5 nitrogen and oxygen atoms in total. The molecule has 1 aliphatic rings.